The molecule has 0 aliphatic carbocycles. The van der Waals surface area contributed by atoms with Crippen LogP contribution < -0.4 is 0 Å². The van der Waals surface area contributed by atoms with Crippen molar-refractivity contribution >= 4 is 17.9 Å². The topological polar surface area (TPSA) is 78.9 Å². The van der Waals surface area contributed by atoms with E-state index in [9.17, 15) is 14.4 Å². The lowest BCUT2D eigenvalue weighted by Gasteiger charge is -2.18. The first-order valence-electron chi connectivity index (χ1n) is 32.8. The van der Waals surface area contributed by atoms with Crippen molar-refractivity contribution in [2.45, 2.75) is 374 Å². The van der Waals surface area contributed by atoms with Crippen LogP contribution in [0, 0.1) is 0 Å². The minimum Gasteiger partial charge on any atom is -0.462 e. The second-order valence-electron chi connectivity index (χ2n) is 22.4. The molecule has 6 nitrogen and oxygen atoms in total. The molecule has 0 fully saturated rings. The number of hydrogen-bond donors (Lipinski definition) is 0. The maximum Gasteiger partial charge on any atom is 0.306 e. The molecule has 0 aliphatic heterocycles. The molecule has 0 amide bonds. The first kappa shape index (κ1) is 70.9. The summed E-state index contributed by atoms with van der Waals surface area (Å²) >= 11 is 0. The van der Waals surface area contributed by atoms with Crippen LogP contribution in [0.1, 0.15) is 367 Å². The lowest BCUT2D eigenvalue weighted by atomic mass is 10.0. The molecule has 0 spiro atoms. The lowest BCUT2D eigenvalue weighted by molar-refractivity contribution is -0.167. The predicted molar refractivity (Wildman–Crippen MR) is 316 cm³/mol. The van der Waals surface area contributed by atoms with E-state index < -0.39 is 6.10 Å². The van der Waals surface area contributed by atoms with Gasteiger partial charge in [0.05, 0.1) is 0 Å². The monoisotopic (exact) mass is 1030 g/mol. The molecule has 0 atom stereocenters. The molecular formula is C67H126O6. The summed E-state index contributed by atoms with van der Waals surface area (Å²) in [5.41, 5.74) is 0. The van der Waals surface area contributed by atoms with E-state index in [0.29, 0.717) is 19.3 Å². The zero-order valence-corrected chi connectivity index (χ0v) is 49.4. The number of carbonyl (C=O) groups excluding carboxylic acids is 3. The maximum atomic E-state index is 12.9. The Kier molecular flexibility index (Phi) is 60.6. The molecule has 0 bridgehead atoms. The van der Waals surface area contributed by atoms with Gasteiger partial charge in [-0.3, -0.25) is 14.4 Å². The molecule has 0 unspecified atom stereocenters. The van der Waals surface area contributed by atoms with Gasteiger partial charge in [-0.25, -0.2) is 0 Å². The fourth-order valence-electron chi connectivity index (χ4n) is 9.97. The first-order valence-corrected chi connectivity index (χ1v) is 32.8. The van der Waals surface area contributed by atoms with Gasteiger partial charge >= 0.3 is 17.9 Å². The molecule has 0 saturated heterocycles. The van der Waals surface area contributed by atoms with Gasteiger partial charge in [-0.05, 0) is 70.6 Å². The summed E-state index contributed by atoms with van der Waals surface area (Å²) in [7, 11) is 0. The number of ether oxygens (including phenoxy) is 3. The molecule has 0 aromatic rings. The second kappa shape index (κ2) is 62.4. The third kappa shape index (κ3) is 60.6. The zero-order valence-electron chi connectivity index (χ0n) is 49.4. The third-order valence-corrected chi connectivity index (χ3v) is 14.9. The van der Waals surface area contributed by atoms with Crippen LogP contribution in [0.3, 0.4) is 0 Å². The van der Waals surface area contributed by atoms with Crippen LogP contribution >= 0.6 is 0 Å². The van der Waals surface area contributed by atoms with Gasteiger partial charge in [0.2, 0.25) is 0 Å². The van der Waals surface area contributed by atoms with Crippen molar-refractivity contribution in [1.29, 1.82) is 0 Å². The average molecular weight is 1030 g/mol. The molecule has 0 rings (SSSR count). The van der Waals surface area contributed by atoms with Crippen molar-refractivity contribution in [2.75, 3.05) is 13.2 Å². The summed E-state index contributed by atoms with van der Waals surface area (Å²) in [6.07, 6.45) is 74.6. The molecular weight excluding hydrogens is 901 g/mol. The highest BCUT2D eigenvalue weighted by molar-refractivity contribution is 5.71. The third-order valence-electron chi connectivity index (χ3n) is 14.9. The van der Waals surface area contributed by atoms with E-state index in [1.807, 2.05) is 0 Å². The highest BCUT2D eigenvalue weighted by Crippen LogP contribution is 2.18. The number of carbonyl (C=O) groups is 3. The summed E-state index contributed by atoms with van der Waals surface area (Å²) < 4.78 is 17.0. The van der Waals surface area contributed by atoms with E-state index in [1.54, 1.807) is 0 Å². The van der Waals surface area contributed by atoms with Gasteiger partial charge in [-0.15, -0.1) is 0 Å². The van der Waals surface area contributed by atoms with Gasteiger partial charge in [0, 0.05) is 19.3 Å². The molecule has 0 aromatic heterocycles. The Morgan fingerprint density at radius 3 is 0.685 bits per heavy atom. The minimum absolute atomic E-state index is 0.0677. The van der Waals surface area contributed by atoms with E-state index in [2.05, 4.69) is 45.1 Å². The lowest BCUT2D eigenvalue weighted by Crippen LogP contribution is -2.30. The highest BCUT2D eigenvalue weighted by atomic mass is 16.6. The highest BCUT2D eigenvalue weighted by Gasteiger charge is 2.19. The summed E-state index contributed by atoms with van der Waals surface area (Å²) in [6.45, 7) is 6.70. The Bertz CT molecular complexity index is 1110. The summed E-state index contributed by atoms with van der Waals surface area (Å²) in [4.78, 5) is 38.4. The van der Waals surface area contributed by atoms with Gasteiger partial charge in [0.15, 0.2) is 6.10 Å². The van der Waals surface area contributed by atoms with Crippen molar-refractivity contribution < 1.29 is 28.6 Å². The Hall–Kier alpha value is -2.11. The molecule has 0 saturated carbocycles. The minimum atomic E-state index is -0.770. The summed E-state index contributed by atoms with van der Waals surface area (Å²) in [5.74, 6) is -0.843. The number of unbranched alkanes of at least 4 members (excludes halogenated alkanes) is 46. The van der Waals surface area contributed by atoms with E-state index in [4.69, 9.17) is 14.2 Å². The Labute approximate surface area is 455 Å². The number of allylic oxidation sites excluding steroid dienone is 4. The van der Waals surface area contributed by atoms with E-state index in [0.717, 1.165) is 57.8 Å². The van der Waals surface area contributed by atoms with Gasteiger partial charge in [-0.2, -0.15) is 0 Å². The van der Waals surface area contributed by atoms with Crippen LogP contribution in [0.2, 0.25) is 0 Å². The quantitative estimate of drug-likeness (QED) is 0.0261. The van der Waals surface area contributed by atoms with Gasteiger partial charge < -0.3 is 14.2 Å². The van der Waals surface area contributed by atoms with Crippen molar-refractivity contribution in [3.63, 3.8) is 0 Å². The standard InChI is InChI=1S/C67H126O6/c1-4-7-10-13-16-19-22-25-28-31-33-36-38-41-44-47-50-53-56-59-65(68)71-62-64(73-67(70)61-58-55-52-49-46-43-40-35-30-27-24-21-18-15-12-9-6-3)63-72-66(69)60-57-54-51-48-45-42-39-37-34-32-29-26-23-20-17-14-11-8-5-2/h25-26,28-29,64H,4-24,27,30-63H2,1-3H3/b28-25-,29-26-. The van der Waals surface area contributed by atoms with Crippen LogP contribution in [0.5, 0.6) is 0 Å². The Balaban J connectivity index is 4.31. The van der Waals surface area contributed by atoms with E-state index >= 15 is 0 Å². The number of esters is 3. The van der Waals surface area contributed by atoms with Crippen LogP contribution in [0.15, 0.2) is 24.3 Å². The Morgan fingerprint density at radius 1 is 0.260 bits per heavy atom. The number of rotatable bonds is 61. The molecule has 0 radical (unpaired) electrons. The van der Waals surface area contributed by atoms with Gasteiger partial charge in [0.1, 0.15) is 13.2 Å². The summed E-state index contributed by atoms with van der Waals surface area (Å²) in [5, 5.41) is 0. The molecule has 73 heavy (non-hydrogen) atoms. The largest absolute Gasteiger partial charge is 0.462 e. The maximum absolute atomic E-state index is 12.9. The van der Waals surface area contributed by atoms with E-state index in [-0.39, 0.29) is 31.1 Å². The summed E-state index contributed by atoms with van der Waals surface area (Å²) in [6, 6.07) is 0. The van der Waals surface area contributed by atoms with Crippen molar-refractivity contribution in [2.24, 2.45) is 0 Å². The average Bonchev–Trinajstić information content (AvgIpc) is 3.39. The molecule has 430 valence electrons. The van der Waals surface area contributed by atoms with Crippen molar-refractivity contribution in [1.82, 2.24) is 0 Å². The first-order chi connectivity index (χ1) is 36.0. The van der Waals surface area contributed by atoms with Crippen LogP contribution in [-0.2, 0) is 28.6 Å². The van der Waals surface area contributed by atoms with Crippen molar-refractivity contribution in [3.05, 3.63) is 24.3 Å². The van der Waals surface area contributed by atoms with Crippen LogP contribution in [0.4, 0.5) is 0 Å². The number of hydrogen-bond acceptors (Lipinski definition) is 6. The molecule has 0 aliphatic rings. The van der Waals surface area contributed by atoms with Gasteiger partial charge in [0.25, 0.3) is 0 Å². The second-order valence-corrected chi connectivity index (χ2v) is 22.4. The fraction of sp³-hybridized carbons (Fsp3) is 0.896. The predicted octanol–water partition coefficient (Wildman–Crippen LogP) is 22.2. The fourth-order valence-corrected chi connectivity index (χ4v) is 9.97. The molecule has 6 heteroatoms. The van der Waals surface area contributed by atoms with Crippen LogP contribution in [0.25, 0.3) is 0 Å². The van der Waals surface area contributed by atoms with Crippen molar-refractivity contribution in [3.8, 4) is 0 Å². The zero-order chi connectivity index (χ0) is 52.9. The van der Waals surface area contributed by atoms with E-state index in [1.165, 1.54) is 270 Å². The molecule has 0 N–H and O–H groups in total. The smallest absolute Gasteiger partial charge is 0.306 e. The normalized spacial score (nSPS) is 11.7. The SMILES string of the molecule is CCCCCCCC/C=C\CCCCCCCCCCCC(=O)OCC(COC(=O)CCCCCCCCCCC/C=C\CCCCCCCC)OC(=O)CCCCCCCCCCCCCCCCCCC. The van der Waals surface area contributed by atoms with Gasteiger partial charge in [-0.1, -0.05) is 302 Å². The van der Waals surface area contributed by atoms with Crippen LogP contribution in [-0.4, -0.2) is 37.2 Å². The molecule has 0 heterocycles. The molecule has 0 aromatic carbocycles. The Morgan fingerprint density at radius 2 is 0.452 bits per heavy atom.